The maximum absolute atomic E-state index is 13.0. The lowest BCUT2D eigenvalue weighted by atomic mass is 9.89. The average molecular weight is 383 g/mol. The fraction of sp³-hybridized carbons (Fsp3) is 0.381. The lowest BCUT2D eigenvalue weighted by Crippen LogP contribution is -2.55. The van der Waals surface area contributed by atoms with Gasteiger partial charge in [0.15, 0.2) is 5.76 Å². The second kappa shape index (κ2) is 7.88. The normalized spacial score (nSPS) is 14.7. The SMILES string of the molecule is Cc1ccc(NC(=O)C(C)(C)C(=O)N2CCN(C(=O)c3ccco3)CC2)cc1. The third-order valence-electron chi connectivity index (χ3n) is 5.00. The number of hydrogen-bond donors (Lipinski definition) is 1. The predicted molar refractivity (Wildman–Crippen MR) is 105 cm³/mol. The molecule has 1 saturated heterocycles. The van der Waals surface area contributed by atoms with Crippen LogP contribution in [0.3, 0.4) is 0 Å². The summed E-state index contributed by atoms with van der Waals surface area (Å²) in [6.45, 7) is 6.79. The van der Waals surface area contributed by atoms with E-state index in [0.717, 1.165) is 5.56 Å². The molecule has 3 amide bonds. The van der Waals surface area contributed by atoms with Crippen molar-refractivity contribution in [2.45, 2.75) is 20.8 Å². The number of aryl methyl sites for hydroxylation is 1. The summed E-state index contributed by atoms with van der Waals surface area (Å²) in [5.74, 6) is -0.497. The number of hydrogen-bond acceptors (Lipinski definition) is 4. The van der Waals surface area contributed by atoms with Crippen LogP contribution in [0, 0.1) is 12.3 Å². The summed E-state index contributed by atoms with van der Waals surface area (Å²) in [7, 11) is 0. The zero-order valence-corrected chi connectivity index (χ0v) is 16.4. The Bertz CT molecular complexity index is 848. The molecule has 0 unspecified atom stereocenters. The number of amides is 3. The van der Waals surface area contributed by atoms with Crippen LogP contribution in [0.25, 0.3) is 0 Å². The average Bonchev–Trinajstić information content (AvgIpc) is 3.23. The van der Waals surface area contributed by atoms with Gasteiger partial charge in [-0.15, -0.1) is 0 Å². The van der Waals surface area contributed by atoms with Crippen molar-refractivity contribution < 1.29 is 18.8 Å². The van der Waals surface area contributed by atoms with E-state index in [1.165, 1.54) is 6.26 Å². The number of rotatable bonds is 4. The van der Waals surface area contributed by atoms with Gasteiger partial charge in [0.05, 0.1) is 6.26 Å². The van der Waals surface area contributed by atoms with E-state index in [-0.39, 0.29) is 23.5 Å². The minimum Gasteiger partial charge on any atom is -0.459 e. The van der Waals surface area contributed by atoms with Crippen molar-refractivity contribution >= 4 is 23.4 Å². The number of carbonyl (C=O) groups is 3. The highest BCUT2D eigenvalue weighted by Gasteiger charge is 2.40. The maximum atomic E-state index is 13.0. The van der Waals surface area contributed by atoms with Crippen molar-refractivity contribution in [1.29, 1.82) is 0 Å². The van der Waals surface area contributed by atoms with Crippen LogP contribution < -0.4 is 5.32 Å². The Hall–Kier alpha value is -3.09. The monoisotopic (exact) mass is 383 g/mol. The van der Waals surface area contributed by atoms with Gasteiger partial charge in [-0.3, -0.25) is 14.4 Å². The lowest BCUT2D eigenvalue weighted by Gasteiger charge is -2.37. The molecule has 148 valence electrons. The fourth-order valence-corrected chi connectivity index (χ4v) is 3.09. The molecule has 7 nitrogen and oxygen atoms in total. The summed E-state index contributed by atoms with van der Waals surface area (Å²) >= 11 is 0. The van der Waals surface area contributed by atoms with Crippen LogP contribution >= 0.6 is 0 Å². The molecule has 1 aliphatic rings. The first-order chi connectivity index (χ1) is 13.3. The van der Waals surface area contributed by atoms with Gasteiger partial charge in [-0.05, 0) is 45.0 Å². The quantitative estimate of drug-likeness (QED) is 0.823. The molecule has 2 heterocycles. The number of nitrogens with one attached hydrogen (secondary N) is 1. The lowest BCUT2D eigenvalue weighted by molar-refractivity contribution is -0.147. The summed E-state index contributed by atoms with van der Waals surface area (Å²) in [5, 5.41) is 2.81. The molecule has 0 radical (unpaired) electrons. The summed E-state index contributed by atoms with van der Waals surface area (Å²) in [6.07, 6.45) is 1.46. The molecule has 2 aromatic rings. The number of nitrogens with zero attached hydrogens (tertiary/aromatic N) is 2. The van der Waals surface area contributed by atoms with E-state index < -0.39 is 5.41 Å². The van der Waals surface area contributed by atoms with E-state index in [1.54, 1.807) is 35.8 Å². The van der Waals surface area contributed by atoms with Crippen LogP contribution in [0.2, 0.25) is 0 Å². The number of furan rings is 1. The van der Waals surface area contributed by atoms with Crippen molar-refractivity contribution in [3.8, 4) is 0 Å². The molecule has 1 aliphatic heterocycles. The smallest absolute Gasteiger partial charge is 0.289 e. The molecule has 1 aromatic carbocycles. The fourth-order valence-electron chi connectivity index (χ4n) is 3.09. The zero-order valence-electron chi connectivity index (χ0n) is 16.4. The zero-order chi connectivity index (χ0) is 20.3. The third-order valence-corrected chi connectivity index (χ3v) is 5.00. The van der Waals surface area contributed by atoms with Gasteiger partial charge >= 0.3 is 0 Å². The Morgan fingerprint density at radius 1 is 0.964 bits per heavy atom. The summed E-state index contributed by atoms with van der Waals surface area (Å²) in [4.78, 5) is 41.3. The van der Waals surface area contributed by atoms with Gasteiger partial charge in [0.2, 0.25) is 11.8 Å². The van der Waals surface area contributed by atoms with E-state index in [1.807, 2.05) is 31.2 Å². The highest BCUT2D eigenvalue weighted by Crippen LogP contribution is 2.23. The first-order valence-corrected chi connectivity index (χ1v) is 9.29. The molecule has 0 atom stereocenters. The topological polar surface area (TPSA) is 82.9 Å². The molecule has 0 saturated carbocycles. The number of anilines is 1. The van der Waals surface area contributed by atoms with Crippen molar-refractivity contribution in [2.75, 3.05) is 31.5 Å². The molecule has 3 rings (SSSR count). The molecule has 1 N–H and O–H groups in total. The van der Waals surface area contributed by atoms with E-state index in [9.17, 15) is 14.4 Å². The Balaban J connectivity index is 1.59. The molecule has 0 aliphatic carbocycles. The minimum absolute atomic E-state index is 0.187. The van der Waals surface area contributed by atoms with Gasteiger partial charge in [0.25, 0.3) is 5.91 Å². The third kappa shape index (κ3) is 4.08. The van der Waals surface area contributed by atoms with Gasteiger partial charge in [0, 0.05) is 31.9 Å². The van der Waals surface area contributed by atoms with E-state index in [2.05, 4.69) is 5.32 Å². The van der Waals surface area contributed by atoms with Gasteiger partial charge in [0.1, 0.15) is 5.41 Å². The molecule has 1 aromatic heterocycles. The number of piperazine rings is 1. The van der Waals surface area contributed by atoms with E-state index in [4.69, 9.17) is 4.42 Å². The molecule has 28 heavy (non-hydrogen) atoms. The first kappa shape index (κ1) is 19.7. The van der Waals surface area contributed by atoms with Crippen LogP contribution in [-0.4, -0.2) is 53.7 Å². The summed E-state index contributed by atoms with van der Waals surface area (Å²) < 4.78 is 5.15. The molecule has 0 bridgehead atoms. The summed E-state index contributed by atoms with van der Waals surface area (Å²) in [5.41, 5.74) is 0.540. The second-order valence-corrected chi connectivity index (χ2v) is 7.51. The van der Waals surface area contributed by atoms with Gasteiger partial charge in [-0.25, -0.2) is 0 Å². The van der Waals surface area contributed by atoms with Gasteiger partial charge in [-0.1, -0.05) is 17.7 Å². The van der Waals surface area contributed by atoms with Crippen LogP contribution in [0.15, 0.2) is 47.1 Å². The second-order valence-electron chi connectivity index (χ2n) is 7.51. The Morgan fingerprint density at radius 3 is 2.14 bits per heavy atom. The van der Waals surface area contributed by atoms with Crippen molar-refractivity contribution in [2.24, 2.45) is 5.41 Å². The Kier molecular flexibility index (Phi) is 5.53. The van der Waals surface area contributed by atoms with Gasteiger partial charge in [-0.2, -0.15) is 0 Å². The highest BCUT2D eigenvalue weighted by atomic mass is 16.3. The number of carbonyl (C=O) groups excluding carboxylic acids is 3. The minimum atomic E-state index is -1.21. The van der Waals surface area contributed by atoms with E-state index in [0.29, 0.717) is 31.9 Å². The number of benzene rings is 1. The molecular formula is C21H25N3O4. The van der Waals surface area contributed by atoms with Crippen molar-refractivity contribution in [3.05, 3.63) is 54.0 Å². The predicted octanol–water partition coefficient (Wildman–Crippen LogP) is 2.54. The van der Waals surface area contributed by atoms with Gasteiger partial charge < -0.3 is 19.5 Å². The molecule has 0 spiro atoms. The van der Waals surface area contributed by atoms with Crippen LogP contribution in [-0.2, 0) is 9.59 Å². The van der Waals surface area contributed by atoms with Crippen LogP contribution in [0.1, 0.15) is 30.0 Å². The standard InChI is InChI=1S/C21H25N3O4/c1-15-6-8-16(9-7-15)22-19(26)21(2,3)20(27)24-12-10-23(11-13-24)18(25)17-5-4-14-28-17/h4-9,14H,10-13H2,1-3H3,(H,22,26). The highest BCUT2D eigenvalue weighted by molar-refractivity contribution is 6.09. The van der Waals surface area contributed by atoms with Crippen LogP contribution in [0.4, 0.5) is 5.69 Å². The van der Waals surface area contributed by atoms with Crippen molar-refractivity contribution in [3.63, 3.8) is 0 Å². The first-order valence-electron chi connectivity index (χ1n) is 9.29. The van der Waals surface area contributed by atoms with Crippen molar-refractivity contribution in [1.82, 2.24) is 9.80 Å². The largest absolute Gasteiger partial charge is 0.459 e. The molecule has 7 heteroatoms. The maximum Gasteiger partial charge on any atom is 0.289 e. The molecule has 1 fully saturated rings. The molecular weight excluding hydrogens is 358 g/mol. The Morgan fingerprint density at radius 2 is 1.57 bits per heavy atom. The Labute approximate surface area is 164 Å². The van der Waals surface area contributed by atoms with E-state index >= 15 is 0 Å². The van der Waals surface area contributed by atoms with Crippen LogP contribution in [0.5, 0.6) is 0 Å². The summed E-state index contributed by atoms with van der Waals surface area (Å²) in [6, 6.07) is 10.7.